The van der Waals surface area contributed by atoms with E-state index in [0.717, 1.165) is 29.7 Å². The smallest absolute Gasteiger partial charge is 0.263 e. The highest BCUT2D eigenvalue weighted by molar-refractivity contribution is 8.26. The molecule has 158 valence electrons. The molecule has 1 aliphatic rings. The average Bonchev–Trinajstić information content (AvgIpc) is 3.33. The van der Waals surface area contributed by atoms with E-state index in [4.69, 9.17) is 33.7 Å². The van der Waals surface area contributed by atoms with Crippen molar-refractivity contribution in [2.75, 3.05) is 6.61 Å². The van der Waals surface area contributed by atoms with Gasteiger partial charge < -0.3 is 10.1 Å². The van der Waals surface area contributed by atoms with Gasteiger partial charge in [0, 0.05) is 17.3 Å². The molecule has 3 aromatic rings. The Bertz CT molecular complexity index is 1160. The molecule has 0 spiro atoms. The summed E-state index contributed by atoms with van der Waals surface area (Å²) in [7, 11) is 0. The summed E-state index contributed by atoms with van der Waals surface area (Å²) >= 11 is 12.8. The third-order valence-corrected chi connectivity index (χ3v) is 6.11. The van der Waals surface area contributed by atoms with Gasteiger partial charge in [-0.05, 0) is 42.8 Å². The van der Waals surface area contributed by atoms with Gasteiger partial charge in [0.25, 0.3) is 5.91 Å². The number of ether oxygens (including phenoxy) is 1. The van der Waals surface area contributed by atoms with Gasteiger partial charge in [0.15, 0.2) is 0 Å². The van der Waals surface area contributed by atoms with Crippen molar-refractivity contribution >= 4 is 51.9 Å². The number of nitrogens with zero attached hydrogens (tertiary/aromatic N) is 2. The second-order valence-corrected chi connectivity index (χ2v) is 9.04. The summed E-state index contributed by atoms with van der Waals surface area (Å²) < 4.78 is 8.00. The van der Waals surface area contributed by atoms with Crippen LogP contribution in [-0.2, 0) is 4.79 Å². The number of thioether (sulfide) groups is 1. The molecule has 0 atom stereocenters. The van der Waals surface area contributed by atoms with Crippen LogP contribution in [0.25, 0.3) is 23.0 Å². The van der Waals surface area contributed by atoms with Gasteiger partial charge in [-0.3, -0.25) is 4.79 Å². The maximum absolute atomic E-state index is 12.2. The largest absolute Gasteiger partial charge is 0.492 e. The Morgan fingerprint density at radius 1 is 1.26 bits per heavy atom. The van der Waals surface area contributed by atoms with Gasteiger partial charge in [0.1, 0.15) is 15.8 Å². The fraction of sp³-hybridized carbons (Fsp3) is 0.174. The van der Waals surface area contributed by atoms with Gasteiger partial charge in [0.05, 0.1) is 22.2 Å². The number of carbonyl (C=O) groups is 1. The van der Waals surface area contributed by atoms with Crippen LogP contribution in [0.4, 0.5) is 0 Å². The lowest BCUT2D eigenvalue weighted by Gasteiger charge is -2.09. The van der Waals surface area contributed by atoms with Gasteiger partial charge in [-0.25, -0.2) is 4.68 Å². The molecule has 0 saturated carbocycles. The fourth-order valence-electron chi connectivity index (χ4n) is 3.08. The molecule has 1 amide bonds. The molecule has 0 aliphatic carbocycles. The molecule has 0 bridgehead atoms. The molecule has 4 rings (SSSR count). The van der Waals surface area contributed by atoms with Crippen LogP contribution in [0.2, 0.25) is 5.02 Å². The molecule has 0 radical (unpaired) electrons. The van der Waals surface area contributed by atoms with Crippen LogP contribution in [0, 0.1) is 0 Å². The lowest BCUT2D eigenvalue weighted by atomic mass is 10.1. The molecule has 2 aromatic carbocycles. The SMILES string of the molecule is CCCCOc1ccc(-c2nn(-c3ccccc3)cc2C=C2SC(=S)NC2=O)cc1Cl. The van der Waals surface area contributed by atoms with E-state index in [-0.39, 0.29) is 5.91 Å². The van der Waals surface area contributed by atoms with Gasteiger partial charge >= 0.3 is 0 Å². The van der Waals surface area contributed by atoms with Crippen LogP contribution < -0.4 is 10.1 Å². The number of amides is 1. The number of benzene rings is 2. The number of nitrogens with one attached hydrogen (secondary N) is 1. The number of thiocarbonyl (C=S) groups is 1. The van der Waals surface area contributed by atoms with E-state index in [0.29, 0.717) is 32.3 Å². The molecule has 1 aromatic heterocycles. The van der Waals surface area contributed by atoms with Gasteiger partial charge in [-0.2, -0.15) is 5.10 Å². The molecule has 8 heteroatoms. The van der Waals surface area contributed by atoms with Crippen molar-refractivity contribution in [3.05, 3.63) is 70.2 Å². The second kappa shape index (κ2) is 9.68. The predicted molar refractivity (Wildman–Crippen MR) is 131 cm³/mol. The third kappa shape index (κ3) is 5.01. The Kier molecular flexibility index (Phi) is 6.75. The molecule has 1 aliphatic heterocycles. The Hall–Kier alpha value is -2.61. The summed E-state index contributed by atoms with van der Waals surface area (Å²) in [6.07, 6.45) is 5.73. The summed E-state index contributed by atoms with van der Waals surface area (Å²) in [4.78, 5) is 12.7. The minimum absolute atomic E-state index is 0.203. The lowest BCUT2D eigenvalue weighted by Crippen LogP contribution is -2.17. The van der Waals surface area contributed by atoms with Crippen LogP contribution in [0.15, 0.2) is 59.6 Å². The first-order valence-corrected chi connectivity index (χ1v) is 11.5. The number of rotatable bonds is 7. The number of hydrogen-bond donors (Lipinski definition) is 1. The van der Waals surface area contributed by atoms with E-state index in [1.807, 2.05) is 54.7 Å². The van der Waals surface area contributed by atoms with Gasteiger partial charge in [-0.15, -0.1) is 0 Å². The number of unbranched alkanes of at least 4 members (excludes halogenated alkanes) is 1. The number of halogens is 1. The molecule has 0 unspecified atom stereocenters. The van der Waals surface area contributed by atoms with Crippen LogP contribution >= 0.6 is 35.6 Å². The number of aromatic nitrogens is 2. The molecule has 31 heavy (non-hydrogen) atoms. The highest BCUT2D eigenvalue weighted by atomic mass is 35.5. The molecule has 1 N–H and O–H groups in total. The molecule has 2 heterocycles. The molecular weight excluding hydrogens is 450 g/mol. The first-order chi connectivity index (χ1) is 15.0. The van der Waals surface area contributed by atoms with Crippen molar-refractivity contribution in [3.8, 4) is 22.7 Å². The normalized spacial score (nSPS) is 14.8. The zero-order chi connectivity index (χ0) is 21.8. The highest BCUT2D eigenvalue weighted by Gasteiger charge is 2.23. The van der Waals surface area contributed by atoms with E-state index in [2.05, 4.69) is 12.2 Å². The van der Waals surface area contributed by atoms with Crippen LogP contribution in [-0.4, -0.2) is 26.6 Å². The maximum atomic E-state index is 12.2. The Morgan fingerprint density at radius 2 is 2.06 bits per heavy atom. The molecule has 5 nitrogen and oxygen atoms in total. The molecular formula is C23H20ClN3O2S2. The van der Waals surface area contributed by atoms with Crippen molar-refractivity contribution in [2.45, 2.75) is 19.8 Å². The summed E-state index contributed by atoms with van der Waals surface area (Å²) in [6.45, 7) is 2.74. The van der Waals surface area contributed by atoms with Crippen molar-refractivity contribution < 1.29 is 9.53 Å². The zero-order valence-corrected chi connectivity index (χ0v) is 19.2. The Labute approximate surface area is 195 Å². The Morgan fingerprint density at radius 3 is 2.74 bits per heavy atom. The summed E-state index contributed by atoms with van der Waals surface area (Å²) in [5, 5.41) is 7.95. The van der Waals surface area contributed by atoms with Gasteiger partial charge in [-0.1, -0.05) is 67.1 Å². The maximum Gasteiger partial charge on any atom is 0.263 e. The number of para-hydroxylation sites is 1. The van der Waals surface area contributed by atoms with E-state index < -0.39 is 0 Å². The van der Waals surface area contributed by atoms with Crippen LogP contribution in [0.5, 0.6) is 5.75 Å². The van der Waals surface area contributed by atoms with E-state index in [9.17, 15) is 4.79 Å². The standard InChI is InChI=1S/C23H20ClN3O2S2/c1-2-3-11-29-19-10-9-15(12-18(19)24)21-16(13-20-22(28)25-23(30)31-20)14-27(26-21)17-7-5-4-6-8-17/h4-10,12-14H,2-3,11H2,1H3,(H,25,28,30). The number of hydrogen-bond acceptors (Lipinski definition) is 5. The lowest BCUT2D eigenvalue weighted by molar-refractivity contribution is -0.115. The fourth-order valence-corrected chi connectivity index (χ4v) is 4.35. The van der Waals surface area contributed by atoms with E-state index in [1.165, 1.54) is 11.8 Å². The third-order valence-electron chi connectivity index (χ3n) is 4.65. The average molecular weight is 470 g/mol. The van der Waals surface area contributed by atoms with Crippen molar-refractivity contribution in [3.63, 3.8) is 0 Å². The second-order valence-electron chi connectivity index (χ2n) is 6.91. The van der Waals surface area contributed by atoms with Crippen molar-refractivity contribution in [1.82, 2.24) is 15.1 Å². The topological polar surface area (TPSA) is 56.1 Å². The van der Waals surface area contributed by atoms with Crippen molar-refractivity contribution in [2.24, 2.45) is 0 Å². The van der Waals surface area contributed by atoms with E-state index in [1.54, 1.807) is 10.8 Å². The Balaban J connectivity index is 1.74. The summed E-state index contributed by atoms with van der Waals surface area (Å²) in [5.74, 6) is 0.448. The van der Waals surface area contributed by atoms with E-state index >= 15 is 0 Å². The number of carbonyl (C=O) groups excluding carboxylic acids is 1. The van der Waals surface area contributed by atoms with Crippen molar-refractivity contribution in [1.29, 1.82) is 0 Å². The van der Waals surface area contributed by atoms with Gasteiger partial charge in [0.2, 0.25) is 0 Å². The van der Waals surface area contributed by atoms with Crippen LogP contribution in [0.1, 0.15) is 25.3 Å². The van der Waals surface area contributed by atoms with Crippen LogP contribution in [0.3, 0.4) is 0 Å². The summed E-state index contributed by atoms with van der Waals surface area (Å²) in [5.41, 5.74) is 3.25. The predicted octanol–water partition coefficient (Wildman–Crippen LogP) is 5.86. The summed E-state index contributed by atoms with van der Waals surface area (Å²) in [6, 6.07) is 15.4. The zero-order valence-electron chi connectivity index (χ0n) is 16.8. The molecule has 1 saturated heterocycles. The highest BCUT2D eigenvalue weighted by Crippen LogP contribution is 2.34. The minimum Gasteiger partial charge on any atom is -0.492 e. The monoisotopic (exact) mass is 469 g/mol. The minimum atomic E-state index is -0.203. The first kappa shape index (κ1) is 21.6. The first-order valence-electron chi connectivity index (χ1n) is 9.88. The molecule has 1 fully saturated rings. The quantitative estimate of drug-likeness (QED) is 0.267.